The van der Waals surface area contributed by atoms with Crippen molar-refractivity contribution in [2.45, 2.75) is 117 Å². The normalized spacial score (nSPS) is 11.1. The van der Waals surface area contributed by atoms with E-state index in [0.29, 0.717) is 0 Å². The van der Waals surface area contributed by atoms with Gasteiger partial charge in [0.1, 0.15) is 23.2 Å². The fraction of sp³-hybridized carbons (Fsp3) is 0.500. The summed E-state index contributed by atoms with van der Waals surface area (Å²) < 4.78 is 0. The van der Waals surface area contributed by atoms with Crippen molar-refractivity contribution in [3.05, 3.63) is 91.0 Å². The summed E-state index contributed by atoms with van der Waals surface area (Å²) in [6, 6.07) is 33.0. The van der Waals surface area contributed by atoms with Crippen LogP contribution < -0.4 is 21.0 Å². The average Bonchev–Trinajstić information content (AvgIpc) is 3.02. The minimum Gasteiger partial charge on any atom is -0.550 e. The van der Waals surface area contributed by atoms with Gasteiger partial charge in [0.05, 0.1) is 6.16 Å². The van der Waals surface area contributed by atoms with Gasteiger partial charge in [-0.2, -0.15) is 0 Å². The monoisotopic (exact) mass is 574 g/mol. The molecule has 0 bridgehead atoms. The Morgan fingerprint density at radius 2 is 0.780 bits per heavy atom. The van der Waals surface area contributed by atoms with E-state index in [4.69, 9.17) is 0 Å². The molecule has 3 aromatic rings. The van der Waals surface area contributed by atoms with Crippen molar-refractivity contribution in [1.29, 1.82) is 0 Å². The number of benzene rings is 3. The van der Waals surface area contributed by atoms with Crippen LogP contribution in [-0.2, 0) is 4.79 Å². The van der Waals surface area contributed by atoms with E-state index < -0.39 is 13.2 Å². The fourth-order valence-corrected chi connectivity index (χ4v) is 9.72. The van der Waals surface area contributed by atoms with Crippen LogP contribution >= 0.6 is 7.26 Å². The molecule has 0 aliphatic heterocycles. The van der Waals surface area contributed by atoms with Gasteiger partial charge >= 0.3 is 0 Å². The maximum atomic E-state index is 10.2. The van der Waals surface area contributed by atoms with Gasteiger partial charge in [-0.15, -0.1) is 0 Å². The second-order valence-corrected chi connectivity index (χ2v) is 15.0. The Labute approximate surface area is 252 Å². The molecule has 0 spiro atoms. The van der Waals surface area contributed by atoms with Crippen molar-refractivity contribution in [3.63, 3.8) is 0 Å². The van der Waals surface area contributed by atoms with E-state index >= 15 is 0 Å². The quantitative estimate of drug-likeness (QED) is 0.0998. The average molecular weight is 575 g/mol. The Bertz CT molecular complexity index is 923. The van der Waals surface area contributed by atoms with Crippen LogP contribution in [-0.4, -0.2) is 12.1 Å². The summed E-state index contributed by atoms with van der Waals surface area (Å²) in [5.74, 6) is -0.903. The van der Waals surface area contributed by atoms with E-state index in [9.17, 15) is 9.90 Å². The maximum Gasteiger partial charge on any atom is 0.111 e. The SMILES string of the molecule is CCCCCCCCCCCCCCCCCC(=O)[O-].CC[P+](c1ccccc1)(c1ccccc1)c1ccccc1. The molecule has 2 nitrogen and oxygen atoms in total. The van der Waals surface area contributed by atoms with Crippen molar-refractivity contribution in [2.24, 2.45) is 0 Å². The molecular weight excluding hydrogens is 519 g/mol. The van der Waals surface area contributed by atoms with E-state index in [-0.39, 0.29) is 6.42 Å². The molecule has 0 amide bonds. The van der Waals surface area contributed by atoms with Gasteiger partial charge in [-0.05, 0) is 56.2 Å². The van der Waals surface area contributed by atoms with Gasteiger partial charge in [-0.1, -0.05) is 151 Å². The van der Waals surface area contributed by atoms with Gasteiger partial charge in [-0.3, -0.25) is 0 Å². The van der Waals surface area contributed by atoms with E-state index in [2.05, 4.69) is 105 Å². The van der Waals surface area contributed by atoms with Crippen LogP contribution in [0.1, 0.15) is 117 Å². The van der Waals surface area contributed by atoms with Crippen molar-refractivity contribution < 1.29 is 9.90 Å². The zero-order chi connectivity index (χ0) is 29.4. The molecule has 3 aromatic carbocycles. The molecule has 0 fully saturated rings. The minimum atomic E-state index is -1.53. The zero-order valence-electron chi connectivity index (χ0n) is 25.9. The molecule has 0 atom stereocenters. The second-order valence-electron chi connectivity index (χ2n) is 11.2. The number of carbonyl (C=O) groups is 1. The van der Waals surface area contributed by atoms with Crippen LogP contribution in [0, 0.1) is 0 Å². The molecule has 224 valence electrons. The van der Waals surface area contributed by atoms with Gasteiger partial charge in [0, 0.05) is 5.97 Å². The number of rotatable bonds is 20. The van der Waals surface area contributed by atoms with Crippen LogP contribution in [0.5, 0.6) is 0 Å². The largest absolute Gasteiger partial charge is 0.550 e. The number of hydrogen-bond acceptors (Lipinski definition) is 2. The maximum absolute atomic E-state index is 10.2. The number of aliphatic carboxylic acids is 1. The molecule has 0 N–H and O–H groups in total. The second kappa shape index (κ2) is 22.2. The van der Waals surface area contributed by atoms with Crippen molar-refractivity contribution >= 4 is 29.1 Å². The van der Waals surface area contributed by atoms with Crippen LogP contribution in [0.2, 0.25) is 0 Å². The smallest absolute Gasteiger partial charge is 0.111 e. The van der Waals surface area contributed by atoms with Crippen LogP contribution in [0.15, 0.2) is 91.0 Å². The molecule has 0 aliphatic rings. The van der Waals surface area contributed by atoms with E-state index in [1.165, 1.54) is 99.4 Å². The van der Waals surface area contributed by atoms with Gasteiger partial charge in [0.2, 0.25) is 0 Å². The van der Waals surface area contributed by atoms with Crippen LogP contribution in [0.3, 0.4) is 0 Å². The summed E-state index contributed by atoms with van der Waals surface area (Å²) in [5, 5.41) is 14.6. The Kier molecular flexibility index (Phi) is 18.8. The highest BCUT2D eigenvalue weighted by Crippen LogP contribution is 2.54. The molecule has 41 heavy (non-hydrogen) atoms. The third kappa shape index (κ3) is 13.4. The molecule has 3 heteroatoms. The number of carboxylic acid groups (broad SMARTS) is 1. The first-order chi connectivity index (χ1) is 20.1. The van der Waals surface area contributed by atoms with E-state index in [1.807, 2.05) is 0 Å². The molecule has 3 rings (SSSR count). The number of hydrogen-bond donors (Lipinski definition) is 0. The van der Waals surface area contributed by atoms with Gasteiger partial charge < -0.3 is 9.90 Å². The van der Waals surface area contributed by atoms with Gasteiger partial charge in [0.25, 0.3) is 0 Å². The Morgan fingerprint density at radius 3 is 1.05 bits per heavy atom. The molecule has 0 radical (unpaired) electrons. The highest BCUT2D eigenvalue weighted by molar-refractivity contribution is 7.95. The molecule has 0 saturated heterocycles. The lowest BCUT2D eigenvalue weighted by molar-refractivity contribution is -0.305. The molecule has 0 aliphatic carbocycles. The topological polar surface area (TPSA) is 40.1 Å². The summed E-state index contributed by atoms with van der Waals surface area (Å²) in [7, 11) is -1.53. The summed E-state index contributed by atoms with van der Waals surface area (Å²) in [4.78, 5) is 10.2. The predicted molar refractivity (Wildman–Crippen MR) is 180 cm³/mol. The summed E-state index contributed by atoms with van der Waals surface area (Å²) in [6.07, 6.45) is 21.0. The Morgan fingerprint density at radius 1 is 0.488 bits per heavy atom. The van der Waals surface area contributed by atoms with Gasteiger partial charge in [-0.25, -0.2) is 0 Å². The Hall–Kier alpha value is -2.44. The lowest BCUT2D eigenvalue weighted by atomic mass is 10.0. The third-order valence-corrected chi connectivity index (χ3v) is 12.5. The van der Waals surface area contributed by atoms with Crippen LogP contribution in [0.4, 0.5) is 0 Å². The van der Waals surface area contributed by atoms with Gasteiger partial charge in [0.15, 0.2) is 0 Å². The predicted octanol–water partition coefficient (Wildman–Crippen LogP) is 9.00. The standard InChI is InChI=1S/C20H20P.C18H36O2/c1-2-21(18-12-6-3-7-13-18,19-14-8-4-9-15-19)20-16-10-5-11-17-20;1-2-3-4-5-6-7-8-9-10-11-12-13-14-15-16-17-18(19)20/h3-17H,2H2,1H3;2-17H2,1H3,(H,19,20)/q+1;/p-1. The molecule has 0 saturated carbocycles. The lowest BCUT2D eigenvalue weighted by Gasteiger charge is -2.26. The van der Waals surface area contributed by atoms with Crippen molar-refractivity contribution in [2.75, 3.05) is 6.16 Å². The highest BCUT2D eigenvalue weighted by Gasteiger charge is 2.43. The molecule has 0 unspecified atom stereocenters. The third-order valence-electron chi connectivity index (χ3n) is 8.05. The first-order valence-electron chi connectivity index (χ1n) is 16.4. The minimum absolute atomic E-state index is 0.234. The lowest BCUT2D eigenvalue weighted by Crippen LogP contribution is -2.32. The number of unbranched alkanes of at least 4 members (excludes halogenated alkanes) is 14. The van der Waals surface area contributed by atoms with E-state index in [0.717, 1.165) is 19.0 Å². The summed E-state index contributed by atoms with van der Waals surface area (Å²) in [5.41, 5.74) is 0. The first-order valence-corrected chi connectivity index (χ1v) is 18.4. The Balaban J connectivity index is 0.000000288. The fourth-order valence-electron chi connectivity index (χ4n) is 5.68. The molecule has 0 heterocycles. The zero-order valence-corrected chi connectivity index (χ0v) is 26.8. The summed E-state index contributed by atoms with van der Waals surface area (Å²) >= 11 is 0. The van der Waals surface area contributed by atoms with E-state index in [1.54, 1.807) is 0 Å². The van der Waals surface area contributed by atoms with Crippen molar-refractivity contribution in [1.82, 2.24) is 0 Å². The molecule has 0 aromatic heterocycles. The summed E-state index contributed by atoms with van der Waals surface area (Å²) in [6.45, 7) is 4.59. The first kappa shape index (κ1) is 34.8. The van der Waals surface area contributed by atoms with Crippen molar-refractivity contribution in [3.8, 4) is 0 Å². The highest BCUT2D eigenvalue weighted by atomic mass is 31.2. The molecular formula is C38H55O2P. The van der Waals surface area contributed by atoms with Crippen LogP contribution in [0.25, 0.3) is 0 Å². The number of carbonyl (C=O) groups excluding carboxylic acids is 1. The number of carboxylic acids is 1.